The minimum absolute atomic E-state index is 0.239. The van der Waals surface area contributed by atoms with Gasteiger partial charge in [0.15, 0.2) is 0 Å². The summed E-state index contributed by atoms with van der Waals surface area (Å²) in [7, 11) is 0. The predicted molar refractivity (Wildman–Crippen MR) is 72.5 cm³/mol. The Balaban J connectivity index is 1.66. The number of aryl methyl sites for hydroxylation is 1. The third kappa shape index (κ3) is 2.52. The SMILES string of the molecule is CCn1cc(CN2CC3(CCNCC3)CC2=O)cn1. The third-order valence-corrected chi connectivity index (χ3v) is 4.45. The predicted octanol–water partition coefficient (Wildman–Crippen LogP) is 1.01. The molecule has 19 heavy (non-hydrogen) atoms. The van der Waals surface area contributed by atoms with E-state index >= 15 is 0 Å². The van der Waals surface area contributed by atoms with E-state index in [1.165, 1.54) is 0 Å². The molecule has 1 N–H and O–H groups in total. The number of likely N-dealkylation sites (tertiary alicyclic amines) is 1. The molecule has 0 atom stereocenters. The van der Waals surface area contributed by atoms with Gasteiger partial charge in [0.1, 0.15) is 0 Å². The maximum absolute atomic E-state index is 12.2. The van der Waals surface area contributed by atoms with Gasteiger partial charge in [-0.15, -0.1) is 0 Å². The Hall–Kier alpha value is -1.36. The minimum atomic E-state index is 0.239. The number of hydrogen-bond acceptors (Lipinski definition) is 3. The molecule has 0 unspecified atom stereocenters. The lowest BCUT2D eigenvalue weighted by Gasteiger charge is -2.33. The first kappa shape index (κ1) is 12.7. The topological polar surface area (TPSA) is 50.2 Å². The van der Waals surface area contributed by atoms with Crippen LogP contribution in [0.1, 0.15) is 31.7 Å². The van der Waals surface area contributed by atoms with E-state index < -0.39 is 0 Å². The summed E-state index contributed by atoms with van der Waals surface area (Å²) in [6.45, 7) is 6.69. The van der Waals surface area contributed by atoms with Crippen molar-refractivity contribution in [1.82, 2.24) is 20.0 Å². The van der Waals surface area contributed by atoms with Crippen LogP contribution in [0.15, 0.2) is 12.4 Å². The van der Waals surface area contributed by atoms with Gasteiger partial charge in [-0.25, -0.2) is 0 Å². The monoisotopic (exact) mass is 262 g/mol. The van der Waals surface area contributed by atoms with Crippen molar-refractivity contribution in [3.8, 4) is 0 Å². The van der Waals surface area contributed by atoms with Crippen LogP contribution in [0.5, 0.6) is 0 Å². The van der Waals surface area contributed by atoms with Gasteiger partial charge in [-0.2, -0.15) is 5.10 Å². The number of carbonyl (C=O) groups excluding carboxylic acids is 1. The number of piperidine rings is 1. The highest BCUT2D eigenvalue weighted by Gasteiger charge is 2.43. The molecule has 0 bridgehead atoms. The number of hydrogen-bond donors (Lipinski definition) is 1. The maximum atomic E-state index is 12.2. The quantitative estimate of drug-likeness (QED) is 0.884. The van der Waals surface area contributed by atoms with Crippen LogP contribution < -0.4 is 5.32 Å². The summed E-state index contributed by atoms with van der Waals surface area (Å²) < 4.78 is 1.91. The fraction of sp³-hybridized carbons (Fsp3) is 0.714. The van der Waals surface area contributed by atoms with Gasteiger partial charge in [0.2, 0.25) is 5.91 Å². The van der Waals surface area contributed by atoms with Crippen LogP contribution in [-0.2, 0) is 17.9 Å². The summed E-state index contributed by atoms with van der Waals surface area (Å²) >= 11 is 0. The zero-order valence-corrected chi connectivity index (χ0v) is 11.6. The maximum Gasteiger partial charge on any atom is 0.223 e. The Morgan fingerprint density at radius 3 is 2.89 bits per heavy atom. The molecule has 1 aromatic rings. The number of nitrogens with one attached hydrogen (secondary N) is 1. The van der Waals surface area contributed by atoms with Gasteiger partial charge in [-0.3, -0.25) is 9.48 Å². The zero-order valence-electron chi connectivity index (χ0n) is 11.6. The van der Waals surface area contributed by atoms with Crippen molar-refractivity contribution in [3.63, 3.8) is 0 Å². The molecule has 2 saturated heterocycles. The Labute approximate surface area is 114 Å². The molecule has 1 spiro atoms. The van der Waals surface area contributed by atoms with Crippen molar-refractivity contribution in [2.24, 2.45) is 5.41 Å². The molecule has 5 nitrogen and oxygen atoms in total. The normalized spacial score (nSPS) is 22.4. The van der Waals surface area contributed by atoms with E-state index in [9.17, 15) is 4.79 Å². The van der Waals surface area contributed by atoms with E-state index in [1.54, 1.807) is 0 Å². The van der Waals surface area contributed by atoms with Gasteiger partial charge in [-0.05, 0) is 38.3 Å². The summed E-state index contributed by atoms with van der Waals surface area (Å²) in [4.78, 5) is 14.2. The van der Waals surface area contributed by atoms with Gasteiger partial charge in [-0.1, -0.05) is 0 Å². The second kappa shape index (κ2) is 4.96. The first-order chi connectivity index (χ1) is 9.21. The van der Waals surface area contributed by atoms with Crippen LogP contribution >= 0.6 is 0 Å². The van der Waals surface area contributed by atoms with Crippen molar-refractivity contribution in [1.29, 1.82) is 0 Å². The molecule has 0 aromatic carbocycles. The van der Waals surface area contributed by atoms with E-state index in [-0.39, 0.29) is 5.41 Å². The molecule has 3 heterocycles. The molecular formula is C14H22N4O. The molecule has 1 aromatic heterocycles. The van der Waals surface area contributed by atoms with Gasteiger partial charge in [0.25, 0.3) is 0 Å². The van der Waals surface area contributed by atoms with Crippen molar-refractivity contribution < 1.29 is 4.79 Å². The zero-order chi connectivity index (χ0) is 13.3. The summed E-state index contributed by atoms with van der Waals surface area (Å²) in [6.07, 6.45) is 6.91. The highest BCUT2D eigenvalue weighted by atomic mass is 16.2. The third-order valence-electron chi connectivity index (χ3n) is 4.45. The van der Waals surface area contributed by atoms with Crippen LogP contribution in [0.25, 0.3) is 0 Å². The standard InChI is InChI=1S/C14H22N4O/c1-2-18-10-12(8-16-18)9-17-11-14(7-13(17)19)3-5-15-6-4-14/h8,10,15H,2-7,9,11H2,1H3. The molecule has 5 heteroatoms. The van der Waals surface area contributed by atoms with E-state index in [2.05, 4.69) is 17.3 Å². The van der Waals surface area contributed by atoms with Crippen molar-refractivity contribution in [3.05, 3.63) is 18.0 Å². The van der Waals surface area contributed by atoms with Gasteiger partial charge in [0.05, 0.1) is 6.20 Å². The molecule has 2 fully saturated rings. The molecular weight excluding hydrogens is 240 g/mol. The molecule has 0 radical (unpaired) electrons. The minimum Gasteiger partial charge on any atom is -0.338 e. The first-order valence-corrected chi connectivity index (χ1v) is 7.21. The summed E-state index contributed by atoms with van der Waals surface area (Å²) in [5, 5.41) is 7.66. The lowest BCUT2D eigenvalue weighted by Crippen LogP contribution is -2.38. The first-order valence-electron chi connectivity index (χ1n) is 7.21. The average Bonchev–Trinajstić information content (AvgIpc) is 2.97. The Morgan fingerprint density at radius 1 is 1.42 bits per heavy atom. The van der Waals surface area contributed by atoms with Crippen molar-refractivity contribution in [2.45, 2.75) is 39.3 Å². The molecule has 0 saturated carbocycles. The van der Waals surface area contributed by atoms with E-state index in [4.69, 9.17) is 0 Å². The van der Waals surface area contributed by atoms with E-state index in [0.29, 0.717) is 12.5 Å². The van der Waals surface area contributed by atoms with E-state index in [1.807, 2.05) is 22.0 Å². The van der Waals surface area contributed by atoms with Crippen molar-refractivity contribution in [2.75, 3.05) is 19.6 Å². The summed E-state index contributed by atoms with van der Waals surface area (Å²) in [6, 6.07) is 0. The second-order valence-electron chi connectivity index (χ2n) is 5.88. The van der Waals surface area contributed by atoms with Crippen LogP contribution in [0.2, 0.25) is 0 Å². The van der Waals surface area contributed by atoms with Crippen LogP contribution in [-0.4, -0.2) is 40.2 Å². The molecule has 0 aliphatic carbocycles. The van der Waals surface area contributed by atoms with Crippen LogP contribution in [0, 0.1) is 5.41 Å². The lowest BCUT2D eigenvalue weighted by molar-refractivity contribution is -0.128. The highest BCUT2D eigenvalue weighted by Crippen LogP contribution is 2.39. The van der Waals surface area contributed by atoms with Crippen LogP contribution in [0.4, 0.5) is 0 Å². The highest BCUT2D eigenvalue weighted by molar-refractivity contribution is 5.79. The summed E-state index contributed by atoms with van der Waals surface area (Å²) in [5.41, 5.74) is 1.38. The summed E-state index contributed by atoms with van der Waals surface area (Å²) in [5.74, 6) is 0.311. The Bertz CT molecular complexity index is 462. The largest absolute Gasteiger partial charge is 0.338 e. The fourth-order valence-corrected chi connectivity index (χ4v) is 3.30. The van der Waals surface area contributed by atoms with Gasteiger partial charge >= 0.3 is 0 Å². The Morgan fingerprint density at radius 2 is 2.21 bits per heavy atom. The smallest absolute Gasteiger partial charge is 0.223 e. The van der Waals surface area contributed by atoms with E-state index in [0.717, 1.165) is 51.0 Å². The number of amides is 1. The molecule has 3 rings (SSSR count). The molecule has 2 aliphatic rings. The Kier molecular flexibility index (Phi) is 3.31. The number of aromatic nitrogens is 2. The number of nitrogens with zero attached hydrogens (tertiary/aromatic N) is 3. The molecule has 104 valence electrons. The second-order valence-corrected chi connectivity index (χ2v) is 5.88. The molecule has 2 aliphatic heterocycles. The average molecular weight is 262 g/mol. The van der Waals surface area contributed by atoms with Gasteiger partial charge in [0, 0.05) is 37.8 Å². The fourth-order valence-electron chi connectivity index (χ4n) is 3.30. The molecule has 1 amide bonds. The number of rotatable bonds is 3. The lowest BCUT2D eigenvalue weighted by atomic mass is 9.78. The number of carbonyl (C=O) groups is 1. The van der Waals surface area contributed by atoms with Crippen molar-refractivity contribution >= 4 is 5.91 Å². The van der Waals surface area contributed by atoms with Crippen LogP contribution in [0.3, 0.4) is 0 Å². The van der Waals surface area contributed by atoms with Gasteiger partial charge < -0.3 is 10.2 Å².